The molecule has 0 bridgehead atoms. The zero-order valence-corrected chi connectivity index (χ0v) is 18.4. The summed E-state index contributed by atoms with van der Waals surface area (Å²) in [4.78, 5) is 27.5. The Labute approximate surface area is 190 Å². The summed E-state index contributed by atoms with van der Waals surface area (Å²) in [7, 11) is 0. The molecule has 0 radical (unpaired) electrons. The minimum Gasteiger partial charge on any atom is -0.485 e. The third-order valence-electron chi connectivity index (χ3n) is 6.11. The Bertz CT molecular complexity index is 1220. The molecule has 1 saturated heterocycles. The second-order valence-corrected chi connectivity index (χ2v) is 8.56. The van der Waals surface area contributed by atoms with Crippen molar-refractivity contribution in [3.63, 3.8) is 0 Å². The zero-order chi connectivity index (χ0) is 22.4. The molecule has 2 fully saturated rings. The highest BCUT2D eigenvalue weighted by Crippen LogP contribution is 2.42. The number of fused-ring (bicyclic) bond motifs is 2. The number of aryl methyl sites for hydroxylation is 1. The van der Waals surface area contributed by atoms with Crippen LogP contribution in [0.15, 0.2) is 18.3 Å². The van der Waals surface area contributed by atoms with Gasteiger partial charge in [-0.2, -0.15) is 9.97 Å². The number of benzene rings is 1. The van der Waals surface area contributed by atoms with Gasteiger partial charge in [-0.15, -0.1) is 0 Å². The summed E-state index contributed by atoms with van der Waals surface area (Å²) in [6.45, 7) is 5.05. The fourth-order valence-electron chi connectivity index (χ4n) is 4.23. The standard InChI is InChI=1S/C23H26N6O4/c1-13-12-24-20-17(13)21(25-14-2-3-14)28-23(27-20)26-16-5-4-15(18-19(16)33-11-10-32-18)22(30)29-6-8-31-9-7-29/h4-5,12,14H,2-3,6-11H2,1H3,(H3,24,25,26,27,28). The quantitative estimate of drug-likeness (QED) is 0.544. The average molecular weight is 450 g/mol. The lowest BCUT2D eigenvalue weighted by atomic mass is 10.1. The van der Waals surface area contributed by atoms with Crippen molar-refractivity contribution < 1.29 is 19.0 Å². The maximum absolute atomic E-state index is 13.1. The summed E-state index contributed by atoms with van der Waals surface area (Å²) >= 11 is 0. The lowest BCUT2D eigenvalue weighted by molar-refractivity contribution is 0.0298. The highest BCUT2D eigenvalue weighted by atomic mass is 16.6. The van der Waals surface area contributed by atoms with E-state index in [1.807, 2.05) is 19.2 Å². The summed E-state index contributed by atoms with van der Waals surface area (Å²) in [5.41, 5.74) is 3.01. The molecule has 3 aromatic rings. The largest absolute Gasteiger partial charge is 0.485 e. The van der Waals surface area contributed by atoms with Crippen LogP contribution in [0.3, 0.4) is 0 Å². The van der Waals surface area contributed by atoms with E-state index in [0.717, 1.165) is 35.3 Å². The maximum atomic E-state index is 13.1. The fraction of sp³-hybridized carbons (Fsp3) is 0.435. The molecule has 33 heavy (non-hydrogen) atoms. The van der Waals surface area contributed by atoms with E-state index in [-0.39, 0.29) is 5.91 Å². The Balaban J connectivity index is 1.35. The molecule has 3 aliphatic rings. The topological polar surface area (TPSA) is 114 Å². The SMILES string of the molecule is Cc1c[nH]c2nc(Nc3ccc(C(=O)N4CCOCC4)c4c3OCCO4)nc(NC3CC3)c12. The van der Waals surface area contributed by atoms with Crippen molar-refractivity contribution in [1.29, 1.82) is 0 Å². The van der Waals surface area contributed by atoms with Gasteiger partial charge in [0.1, 0.15) is 24.7 Å². The van der Waals surface area contributed by atoms with Crippen molar-refractivity contribution in [3.05, 3.63) is 29.5 Å². The molecule has 3 N–H and O–H groups in total. The van der Waals surface area contributed by atoms with Gasteiger partial charge in [0.15, 0.2) is 11.5 Å². The first-order valence-corrected chi connectivity index (χ1v) is 11.4. The van der Waals surface area contributed by atoms with Crippen LogP contribution in [0, 0.1) is 6.92 Å². The van der Waals surface area contributed by atoms with Gasteiger partial charge in [0.2, 0.25) is 5.95 Å². The van der Waals surface area contributed by atoms with Gasteiger partial charge in [-0.1, -0.05) is 0 Å². The van der Waals surface area contributed by atoms with E-state index >= 15 is 0 Å². The third kappa shape index (κ3) is 3.80. The number of morpholine rings is 1. The highest BCUT2D eigenvalue weighted by Gasteiger charge is 2.28. The van der Waals surface area contributed by atoms with E-state index in [2.05, 4.69) is 20.6 Å². The van der Waals surface area contributed by atoms with Crippen LogP contribution in [0.5, 0.6) is 11.5 Å². The number of nitrogens with zero attached hydrogens (tertiary/aromatic N) is 3. The number of carbonyl (C=O) groups is 1. The summed E-state index contributed by atoms with van der Waals surface area (Å²) in [6, 6.07) is 4.05. The predicted molar refractivity (Wildman–Crippen MR) is 123 cm³/mol. The predicted octanol–water partition coefficient (Wildman–Crippen LogP) is 2.83. The first-order chi connectivity index (χ1) is 16.2. The van der Waals surface area contributed by atoms with Crippen LogP contribution in [0.4, 0.5) is 17.5 Å². The molecular weight excluding hydrogens is 424 g/mol. The molecule has 1 saturated carbocycles. The Morgan fingerprint density at radius 3 is 2.67 bits per heavy atom. The fourth-order valence-corrected chi connectivity index (χ4v) is 4.23. The molecule has 10 nitrogen and oxygen atoms in total. The number of aromatic nitrogens is 3. The molecule has 0 spiro atoms. The van der Waals surface area contributed by atoms with E-state index in [1.165, 1.54) is 0 Å². The molecule has 172 valence electrons. The molecular formula is C23H26N6O4. The monoisotopic (exact) mass is 450 g/mol. The van der Waals surface area contributed by atoms with Crippen LogP contribution in [0.1, 0.15) is 28.8 Å². The van der Waals surface area contributed by atoms with E-state index in [4.69, 9.17) is 19.2 Å². The zero-order valence-electron chi connectivity index (χ0n) is 18.4. The van der Waals surface area contributed by atoms with Crippen molar-refractivity contribution in [1.82, 2.24) is 19.9 Å². The Hall–Kier alpha value is -3.53. The van der Waals surface area contributed by atoms with Gasteiger partial charge >= 0.3 is 0 Å². The molecule has 2 aliphatic heterocycles. The maximum Gasteiger partial charge on any atom is 0.257 e. The third-order valence-corrected chi connectivity index (χ3v) is 6.11. The van der Waals surface area contributed by atoms with Gasteiger partial charge < -0.3 is 34.7 Å². The van der Waals surface area contributed by atoms with E-state index in [9.17, 15) is 4.79 Å². The molecule has 0 unspecified atom stereocenters. The molecule has 2 aromatic heterocycles. The van der Waals surface area contributed by atoms with Crippen molar-refractivity contribution in [2.75, 3.05) is 50.2 Å². The number of anilines is 3. The minimum atomic E-state index is -0.0814. The number of nitrogens with one attached hydrogen (secondary N) is 3. The van der Waals surface area contributed by atoms with Crippen LogP contribution in [0.25, 0.3) is 11.0 Å². The van der Waals surface area contributed by atoms with E-state index < -0.39 is 0 Å². The number of aromatic amines is 1. The van der Waals surface area contributed by atoms with Crippen LogP contribution in [-0.4, -0.2) is 71.3 Å². The Kier molecular flexibility index (Phi) is 4.94. The highest BCUT2D eigenvalue weighted by molar-refractivity contribution is 5.99. The van der Waals surface area contributed by atoms with Gasteiger partial charge in [-0.05, 0) is 37.5 Å². The van der Waals surface area contributed by atoms with E-state index in [0.29, 0.717) is 74.3 Å². The number of hydrogen-bond donors (Lipinski definition) is 3. The second-order valence-electron chi connectivity index (χ2n) is 8.56. The number of hydrogen-bond acceptors (Lipinski definition) is 8. The lowest BCUT2D eigenvalue weighted by Crippen LogP contribution is -2.41. The van der Waals surface area contributed by atoms with Gasteiger partial charge in [-0.3, -0.25) is 4.79 Å². The van der Waals surface area contributed by atoms with Crippen LogP contribution in [0.2, 0.25) is 0 Å². The summed E-state index contributed by atoms with van der Waals surface area (Å²) in [6.07, 6.45) is 4.23. The van der Waals surface area contributed by atoms with Crippen LogP contribution in [-0.2, 0) is 4.74 Å². The van der Waals surface area contributed by atoms with Crippen molar-refractivity contribution in [2.45, 2.75) is 25.8 Å². The Morgan fingerprint density at radius 2 is 1.88 bits per heavy atom. The summed E-state index contributed by atoms with van der Waals surface area (Å²) in [5, 5.41) is 7.79. The first-order valence-electron chi connectivity index (χ1n) is 11.4. The number of ether oxygens (including phenoxy) is 3. The normalized spacial score (nSPS) is 17.8. The van der Waals surface area contributed by atoms with Gasteiger partial charge in [-0.25, -0.2) is 0 Å². The van der Waals surface area contributed by atoms with Gasteiger partial charge in [0.25, 0.3) is 5.91 Å². The molecule has 10 heteroatoms. The summed E-state index contributed by atoms with van der Waals surface area (Å²) < 4.78 is 17.2. The van der Waals surface area contributed by atoms with Crippen LogP contribution < -0.4 is 20.1 Å². The average Bonchev–Trinajstić information content (AvgIpc) is 3.59. The lowest BCUT2D eigenvalue weighted by Gasteiger charge is -2.29. The first kappa shape index (κ1) is 20.1. The number of carbonyl (C=O) groups excluding carboxylic acids is 1. The minimum absolute atomic E-state index is 0.0814. The van der Waals surface area contributed by atoms with E-state index in [1.54, 1.807) is 11.0 Å². The van der Waals surface area contributed by atoms with Crippen molar-refractivity contribution in [2.24, 2.45) is 0 Å². The smallest absolute Gasteiger partial charge is 0.257 e. The number of amides is 1. The molecule has 1 aromatic carbocycles. The molecule has 1 aliphatic carbocycles. The molecule has 1 amide bonds. The van der Waals surface area contributed by atoms with Gasteiger partial charge in [0, 0.05) is 25.3 Å². The van der Waals surface area contributed by atoms with Crippen molar-refractivity contribution >= 4 is 34.4 Å². The van der Waals surface area contributed by atoms with Crippen molar-refractivity contribution in [3.8, 4) is 11.5 Å². The number of rotatable bonds is 5. The van der Waals surface area contributed by atoms with Crippen LogP contribution >= 0.6 is 0 Å². The number of H-pyrrole nitrogens is 1. The molecule has 4 heterocycles. The van der Waals surface area contributed by atoms with Gasteiger partial charge in [0.05, 0.1) is 29.9 Å². The molecule has 0 atom stereocenters. The second kappa shape index (κ2) is 8.11. The summed E-state index contributed by atoms with van der Waals surface area (Å²) in [5.74, 6) is 2.13. The molecule has 6 rings (SSSR count). The Morgan fingerprint density at radius 1 is 1.09 bits per heavy atom.